The summed E-state index contributed by atoms with van der Waals surface area (Å²) < 4.78 is 5.94. The predicted octanol–water partition coefficient (Wildman–Crippen LogP) is 1.96. The monoisotopic (exact) mass is 230 g/mol. The van der Waals surface area contributed by atoms with Crippen LogP contribution < -0.4 is 11.3 Å². The van der Waals surface area contributed by atoms with Gasteiger partial charge in [-0.2, -0.15) is 0 Å². The van der Waals surface area contributed by atoms with Gasteiger partial charge < -0.3 is 4.42 Å². The summed E-state index contributed by atoms with van der Waals surface area (Å²) in [6, 6.07) is 2.20. The maximum Gasteiger partial charge on any atom is 0.173 e. The number of nitrogens with one attached hydrogen (secondary N) is 1. The maximum atomic E-state index is 5.46. The van der Waals surface area contributed by atoms with Gasteiger partial charge in [0, 0.05) is 5.56 Å². The molecule has 1 aliphatic carbocycles. The number of hydrogen-bond donors (Lipinski definition) is 2. The van der Waals surface area contributed by atoms with Crippen LogP contribution in [0.15, 0.2) is 21.4 Å². The Labute approximate surface area is 79.4 Å². The molecule has 1 heterocycles. The zero-order valence-corrected chi connectivity index (χ0v) is 8.17. The van der Waals surface area contributed by atoms with E-state index in [1.165, 1.54) is 12.8 Å². The summed E-state index contributed by atoms with van der Waals surface area (Å²) in [6.07, 6.45) is 4.19. The van der Waals surface area contributed by atoms with Crippen LogP contribution in [0, 0.1) is 5.92 Å². The molecule has 2 rings (SSSR count). The summed E-state index contributed by atoms with van der Waals surface area (Å²) in [4.78, 5) is 0. The zero-order valence-electron chi connectivity index (χ0n) is 6.59. The summed E-state index contributed by atoms with van der Waals surface area (Å²) >= 11 is 3.34. The zero-order chi connectivity index (χ0) is 8.55. The van der Waals surface area contributed by atoms with Crippen molar-refractivity contribution >= 4 is 15.9 Å². The van der Waals surface area contributed by atoms with Gasteiger partial charge in [0.25, 0.3) is 0 Å². The molecule has 12 heavy (non-hydrogen) atoms. The number of rotatable bonds is 3. The summed E-state index contributed by atoms with van der Waals surface area (Å²) in [7, 11) is 0. The molecule has 3 N–H and O–H groups in total. The van der Waals surface area contributed by atoms with Crippen molar-refractivity contribution in [3.8, 4) is 0 Å². The molecule has 1 unspecified atom stereocenters. The number of halogens is 1. The van der Waals surface area contributed by atoms with E-state index in [1.54, 1.807) is 6.26 Å². The fraction of sp³-hybridized carbons (Fsp3) is 0.500. The molecule has 0 aliphatic heterocycles. The van der Waals surface area contributed by atoms with Gasteiger partial charge in [-0.25, -0.2) is 0 Å². The Kier molecular flexibility index (Phi) is 2.21. The van der Waals surface area contributed by atoms with E-state index in [9.17, 15) is 0 Å². The molecule has 1 saturated carbocycles. The van der Waals surface area contributed by atoms with Crippen molar-refractivity contribution in [3.63, 3.8) is 0 Å². The van der Waals surface area contributed by atoms with E-state index in [1.807, 2.05) is 6.07 Å². The van der Waals surface area contributed by atoms with Gasteiger partial charge in [-0.05, 0) is 40.8 Å². The first kappa shape index (κ1) is 8.29. The topological polar surface area (TPSA) is 51.2 Å². The van der Waals surface area contributed by atoms with E-state index in [-0.39, 0.29) is 6.04 Å². The highest BCUT2D eigenvalue weighted by Crippen LogP contribution is 2.42. The van der Waals surface area contributed by atoms with Crippen LogP contribution in [0.5, 0.6) is 0 Å². The predicted molar refractivity (Wildman–Crippen MR) is 49.2 cm³/mol. The Morgan fingerprint density at radius 1 is 1.67 bits per heavy atom. The Bertz CT molecular complexity index is 270. The van der Waals surface area contributed by atoms with Crippen molar-refractivity contribution in [2.45, 2.75) is 18.9 Å². The molecule has 66 valence electrons. The lowest BCUT2D eigenvalue weighted by Crippen LogP contribution is -2.29. The van der Waals surface area contributed by atoms with Crippen LogP contribution in [0.25, 0.3) is 0 Å². The van der Waals surface area contributed by atoms with Crippen LogP contribution in [0.2, 0.25) is 0 Å². The Morgan fingerprint density at radius 2 is 2.42 bits per heavy atom. The molecule has 0 amide bonds. The summed E-state index contributed by atoms with van der Waals surface area (Å²) in [5.74, 6) is 6.15. The van der Waals surface area contributed by atoms with E-state index < -0.39 is 0 Å². The quantitative estimate of drug-likeness (QED) is 0.617. The SMILES string of the molecule is NNC(c1ccoc1Br)C1CC1. The third kappa shape index (κ3) is 1.42. The van der Waals surface area contributed by atoms with Gasteiger partial charge >= 0.3 is 0 Å². The average molecular weight is 231 g/mol. The van der Waals surface area contributed by atoms with E-state index in [2.05, 4.69) is 21.4 Å². The standard InChI is InChI=1S/C8H11BrN2O/c9-8-6(3-4-12-8)7(11-10)5-1-2-5/h3-5,7,11H,1-2,10H2. The summed E-state index contributed by atoms with van der Waals surface area (Å²) in [6.45, 7) is 0. The number of furan rings is 1. The Balaban J connectivity index is 2.20. The lowest BCUT2D eigenvalue weighted by molar-refractivity contribution is 0.475. The molecule has 1 aromatic rings. The average Bonchev–Trinajstić information content (AvgIpc) is 2.80. The van der Waals surface area contributed by atoms with E-state index in [0.29, 0.717) is 5.92 Å². The minimum atomic E-state index is 0.248. The molecule has 1 aliphatic rings. The highest BCUT2D eigenvalue weighted by atomic mass is 79.9. The van der Waals surface area contributed by atoms with Crippen LogP contribution in [0.4, 0.5) is 0 Å². The Morgan fingerprint density at radius 3 is 2.83 bits per heavy atom. The highest BCUT2D eigenvalue weighted by molar-refractivity contribution is 9.10. The van der Waals surface area contributed by atoms with Crippen molar-refractivity contribution in [1.82, 2.24) is 5.43 Å². The molecule has 0 saturated heterocycles. The number of hydrogen-bond acceptors (Lipinski definition) is 3. The second-order valence-corrected chi connectivity index (χ2v) is 3.85. The Hall–Kier alpha value is -0.320. The summed E-state index contributed by atoms with van der Waals surface area (Å²) in [5.41, 5.74) is 3.94. The highest BCUT2D eigenvalue weighted by Gasteiger charge is 2.33. The van der Waals surface area contributed by atoms with Crippen molar-refractivity contribution in [2.24, 2.45) is 11.8 Å². The molecule has 1 atom stereocenters. The normalized spacial score (nSPS) is 19.5. The van der Waals surface area contributed by atoms with Gasteiger partial charge in [-0.15, -0.1) is 0 Å². The van der Waals surface area contributed by atoms with E-state index >= 15 is 0 Å². The molecule has 0 bridgehead atoms. The number of hydrazine groups is 1. The molecule has 0 aromatic carbocycles. The number of nitrogens with two attached hydrogens (primary N) is 1. The van der Waals surface area contributed by atoms with E-state index in [0.717, 1.165) is 10.2 Å². The second-order valence-electron chi connectivity index (χ2n) is 3.13. The van der Waals surface area contributed by atoms with Crippen LogP contribution in [-0.4, -0.2) is 0 Å². The second kappa shape index (κ2) is 3.20. The van der Waals surface area contributed by atoms with Gasteiger partial charge in [0.15, 0.2) is 4.67 Å². The minimum Gasteiger partial charge on any atom is -0.457 e. The van der Waals surface area contributed by atoms with Gasteiger partial charge in [0.05, 0.1) is 12.3 Å². The fourth-order valence-electron chi connectivity index (χ4n) is 1.44. The molecule has 4 heteroatoms. The van der Waals surface area contributed by atoms with Crippen LogP contribution in [0.3, 0.4) is 0 Å². The third-order valence-corrected chi connectivity index (χ3v) is 2.90. The lowest BCUT2D eigenvalue weighted by Gasteiger charge is -2.12. The first-order valence-electron chi connectivity index (χ1n) is 4.02. The maximum absolute atomic E-state index is 5.46. The fourth-order valence-corrected chi connectivity index (χ4v) is 1.92. The summed E-state index contributed by atoms with van der Waals surface area (Å²) in [5, 5.41) is 0. The molecule has 0 radical (unpaired) electrons. The molecular weight excluding hydrogens is 220 g/mol. The van der Waals surface area contributed by atoms with Crippen LogP contribution in [-0.2, 0) is 0 Å². The van der Waals surface area contributed by atoms with Crippen LogP contribution in [0.1, 0.15) is 24.4 Å². The van der Waals surface area contributed by atoms with Crippen LogP contribution >= 0.6 is 15.9 Å². The van der Waals surface area contributed by atoms with Crippen molar-refractivity contribution < 1.29 is 4.42 Å². The van der Waals surface area contributed by atoms with Gasteiger partial charge in [-0.3, -0.25) is 11.3 Å². The van der Waals surface area contributed by atoms with Gasteiger partial charge in [0.2, 0.25) is 0 Å². The molecular formula is C8H11BrN2O. The largest absolute Gasteiger partial charge is 0.457 e. The first-order chi connectivity index (χ1) is 5.83. The molecule has 3 nitrogen and oxygen atoms in total. The van der Waals surface area contributed by atoms with E-state index in [4.69, 9.17) is 10.3 Å². The van der Waals surface area contributed by atoms with Crippen molar-refractivity contribution in [2.75, 3.05) is 0 Å². The molecule has 1 aromatic heterocycles. The minimum absolute atomic E-state index is 0.248. The van der Waals surface area contributed by atoms with Gasteiger partial charge in [0.1, 0.15) is 0 Å². The molecule has 1 fully saturated rings. The lowest BCUT2D eigenvalue weighted by atomic mass is 10.1. The van der Waals surface area contributed by atoms with Gasteiger partial charge in [-0.1, -0.05) is 0 Å². The van der Waals surface area contributed by atoms with Crippen molar-refractivity contribution in [1.29, 1.82) is 0 Å². The smallest absolute Gasteiger partial charge is 0.173 e. The first-order valence-corrected chi connectivity index (χ1v) is 4.81. The van der Waals surface area contributed by atoms with Crippen molar-refractivity contribution in [3.05, 3.63) is 22.6 Å². The molecule has 0 spiro atoms. The third-order valence-electron chi connectivity index (χ3n) is 2.25.